The normalized spacial score (nSPS) is 21.6. The molecular formula is C40H77NO7. The van der Waals surface area contributed by atoms with Gasteiger partial charge in [-0.1, -0.05) is 167 Å². The molecule has 0 fully saturated rings. The molecule has 0 aliphatic heterocycles. The van der Waals surface area contributed by atoms with Gasteiger partial charge in [0.2, 0.25) is 5.91 Å². The fourth-order valence-electron chi connectivity index (χ4n) is 6.60. The van der Waals surface area contributed by atoms with Crippen molar-refractivity contribution in [1.29, 1.82) is 0 Å². The highest BCUT2D eigenvalue weighted by Gasteiger charge is 2.33. The fraction of sp³-hybridized carbons (Fsp3) is 0.925. The Morgan fingerprint density at radius 1 is 0.688 bits per heavy atom. The van der Waals surface area contributed by atoms with Crippen molar-refractivity contribution in [2.24, 2.45) is 0 Å². The Hall–Kier alpha value is -1.03. The van der Waals surface area contributed by atoms with Crippen LogP contribution in [0.15, 0.2) is 12.2 Å². The van der Waals surface area contributed by atoms with Crippen LogP contribution >= 0.6 is 0 Å². The third-order valence-electron chi connectivity index (χ3n) is 10.1. The fourth-order valence-corrected chi connectivity index (χ4v) is 6.60. The maximum atomic E-state index is 12.7. The molecule has 0 aromatic carbocycles. The van der Waals surface area contributed by atoms with Crippen LogP contribution in [0.4, 0.5) is 0 Å². The number of rotatable bonds is 32. The SMILES string of the molecule is CCCCCCCCCCCCCCCCCCCCCCCCCC(=O)NC(COC1C=CCC(O)C(O)C1O)C(O)CC(O)CC. The lowest BCUT2D eigenvalue weighted by Crippen LogP contribution is -2.50. The van der Waals surface area contributed by atoms with Crippen LogP contribution in [-0.4, -0.2) is 80.7 Å². The minimum Gasteiger partial charge on any atom is -0.393 e. The highest BCUT2D eigenvalue weighted by molar-refractivity contribution is 5.76. The Morgan fingerprint density at radius 3 is 1.56 bits per heavy atom. The van der Waals surface area contributed by atoms with Crippen LogP contribution < -0.4 is 5.32 Å². The highest BCUT2D eigenvalue weighted by atomic mass is 16.5. The summed E-state index contributed by atoms with van der Waals surface area (Å²) in [5, 5.41) is 54.0. The number of hydrogen-bond acceptors (Lipinski definition) is 7. The molecule has 1 aliphatic rings. The maximum Gasteiger partial charge on any atom is 0.220 e. The number of carbonyl (C=O) groups is 1. The van der Waals surface area contributed by atoms with E-state index in [1.165, 1.54) is 128 Å². The first-order chi connectivity index (χ1) is 23.3. The van der Waals surface area contributed by atoms with Crippen LogP contribution in [0.1, 0.15) is 187 Å². The van der Waals surface area contributed by atoms with E-state index in [4.69, 9.17) is 4.74 Å². The van der Waals surface area contributed by atoms with Gasteiger partial charge in [0.25, 0.3) is 0 Å². The number of aliphatic hydroxyl groups excluding tert-OH is 5. The standard InChI is InChI=1S/C40H77NO7/c1-3-5-6-7-8-9-10-11-12-13-14-15-16-17-18-19-20-21-22-23-24-25-26-30-38(45)41-34(36(44)31-33(42)4-2)32-48-37-29-27-28-35(43)39(46)40(37)47/h27,29,33-37,39-40,42-44,46-47H,3-26,28,30-32H2,1-2H3,(H,41,45). The summed E-state index contributed by atoms with van der Waals surface area (Å²) in [7, 11) is 0. The molecule has 8 heteroatoms. The molecule has 0 bridgehead atoms. The van der Waals surface area contributed by atoms with Gasteiger partial charge in [0.05, 0.1) is 31.0 Å². The molecule has 48 heavy (non-hydrogen) atoms. The minimum absolute atomic E-state index is 0.0919. The topological polar surface area (TPSA) is 139 Å². The first kappa shape index (κ1) is 45.0. The molecule has 0 aromatic rings. The zero-order valence-electron chi connectivity index (χ0n) is 31.0. The summed E-state index contributed by atoms with van der Waals surface area (Å²) in [6, 6.07) is -0.769. The van der Waals surface area contributed by atoms with Crippen LogP contribution in [0.5, 0.6) is 0 Å². The van der Waals surface area contributed by atoms with Gasteiger partial charge >= 0.3 is 0 Å². The summed E-state index contributed by atoms with van der Waals surface area (Å²) in [5.41, 5.74) is 0. The molecular weight excluding hydrogens is 606 g/mol. The quantitative estimate of drug-likeness (QED) is 0.0314. The molecule has 0 saturated heterocycles. The van der Waals surface area contributed by atoms with E-state index in [2.05, 4.69) is 12.2 Å². The summed E-state index contributed by atoms with van der Waals surface area (Å²) < 4.78 is 5.78. The van der Waals surface area contributed by atoms with E-state index in [1.807, 2.05) is 6.92 Å². The molecule has 0 spiro atoms. The molecule has 0 heterocycles. The van der Waals surface area contributed by atoms with Gasteiger partial charge in [-0.05, 0) is 19.3 Å². The Balaban J connectivity index is 2.06. The molecule has 0 aromatic heterocycles. The molecule has 7 unspecified atom stereocenters. The molecule has 6 N–H and O–H groups in total. The monoisotopic (exact) mass is 684 g/mol. The lowest BCUT2D eigenvalue weighted by Gasteiger charge is -2.29. The predicted octanol–water partition coefficient (Wildman–Crippen LogP) is 7.80. The molecule has 1 aliphatic carbocycles. The third-order valence-corrected chi connectivity index (χ3v) is 10.1. The molecule has 0 radical (unpaired) electrons. The Labute approximate surface area is 294 Å². The number of amides is 1. The predicted molar refractivity (Wildman–Crippen MR) is 197 cm³/mol. The number of aliphatic hydroxyl groups is 5. The minimum atomic E-state index is -1.36. The van der Waals surface area contributed by atoms with E-state index in [9.17, 15) is 30.3 Å². The average Bonchev–Trinajstić information content (AvgIpc) is 3.19. The van der Waals surface area contributed by atoms with Gasteiger partial charge < -0.3 is 35.6 Å². The van der Waals surface area contributed by atoms with Gasteiger partial charge in [-0.2, -0.15) is 0 Å². The van der Waals surface area contributed by atoms with Crippen molar-refractivity contribution in [2.75, 3.05) is 6.61 Å². The second kappa shape index (κ2) is 30.8. The molecule has 8 nitrogen and oxygen atoms in total. The van der Waals surface area contributed by atoms with Crippen molar-refractivity contribution < 1.29 is 35.1 Å². The van der Waals surface area contributed by atoms with Crippen LogP contribution in [0.25, 0.3) is 0 Å². The summed E-state index contributed by atoms with van der Waals surface area (Å²) in [5.74, 6) is -0.176. The van der Waals surface area contributed by atoms with Gasteiger partial charge in [0.15, 0.2) is 0 Å². The number of unbranched alkanes of at least 4 members (excludes halogenated alkanes) is 22. The summed E-state index contributed by atoms with van der Waals surface area (Å²) in [6.45, 7) is 4.00. The van der Waals surface area contributed by atoms with Crippen molar-refractivity contribution >= 4 is 5.91 Å². The van der Waals surface area contributed by atoms with E-state index < -0.39 is 42.7 Å². The summed E-state index contributed by atoms with van der Waals surface area (Å²) in [6.07, 6.45) is 28.4. The number of carbonyl (C=O) groups excluding carboxylic acids is 1. The second-order valence-corrected chi connectivity index (χ2v) is 14.6. The van der Waals surface area contributed by atoms with Crippen molar-refractivity contribution in [1.82, 2.24) is 5.32 Å². The Bertz CT molecular complexity index is 766. The second-order valence-electron chi connectivity index (χ2n) is 14.6. The van der Waals surface area contributed by atoms with Gasteiger partial charge in [0, 0.05) is 12.8 Å². The smallest absolute Gasteiger partial charge is 0.220 e. The zero-order chi connectivity index (χ0) is 35.2. The largest absolute Gasteiger partial charge is 0.393 e. The first-order valence-electron chi connectivity index (χ1n) is 20.3. The van der Waals surface area contributed by atoms with E-state index in [-0.39, 0.29) is 25.4 Å². The van der Waals surface area contributed by atoms with Gasteiger partial charge in [-0.3, -0.25) is 4.79 Å². The van der Waals surface area contributed by atoms with Crippen molar-refractivity contribution in [3.63, 3.8) is 0 Å². The van der Waals surface area contributed by atoms with Gasteiger partial charge in [-0.25, -0.2) is 0 Å². The van der Waals surface area contributed by atoms with E-state index >= 15 is 0 Å². The van der Waals surface area contributed by atoms with Gasteiger partial charge in [0.1, 0.15) is 18.3 Å². The molecule has 284 valence electrons. The van der Waals surface area contributed by atoms with E-state index in [0.29, 0.717) is 12.8 Å². The lowest BCUT2D eigenvalue weighted by atomic mass is 10.0. The van der Waals surface area contributed by atoms with E-state index in [0.717, 1.165) is 19.3 Å². The average molecular weight is 684 g/mol. The number of nitrogens with one attached hydrogen (secondary N) is 1. The van der Waals surface area contributed by atoms with Crippen molar-refractivity contribution in [3.8, 4) is 0 Å². The molecule has 0 saturated carbocycles. The summed E-state index contributed by atoms with van der Waals surface area (Å²) in [4.78, 5) is 12.7. The number of hydrogen-bond donors (Lipinski definition) is 6. The Kier molecular flexibility index (Phi) is 28.8. The summed E-state index contributed by atoms with van der Waals surface area (Å²) >= 11 is 0. The van der Waals surface area contributed by atoms with Crippen LogP contribution in [0.2, 0.25) is 0 Å². The van der Waals surface area contributed by atoms with Crippen LogP contribution in [-0.2, 0) is 9.53 Å². The number of ether oxygens (including phenoxy) is 1. The van der Waals surface area contributed by atoms with Crippen molar-refractivity contribution in [3.05, 3.63) is 12.2 Å². The van der Waals surface area contributed by atoms with Crippen LogP contribution in [0.3, 0.4) is 0 Å². The first-order valence-corrected chi connectivity index (χ1v) is 20.3. The molecule has 7 atom stereocenters. The van der Waals surface area contributed by atoms with Gasteiger partial charge in [-0.15, -0.1) is 0 Å². The lowest BCUT2D eigenvalue weighted by molar-refractivity contribution is -0.127. The zero-order valence-corrected chi connectivity index (χ0v) is 31.0. The van der Waals surface area contributed by atoms with E-state index in [1.54, 1.807) is 12.2 Å². The van der Waals surface area contributed by atoms with Crippen molar-refractivity contribution in [2.45, 2.75) is 230 Å². The highest BCUT2D eigenvalue weighted by Crippen LogP contribution is 2.19. The molecule has 1 amide bonds. The molecule has 1 rings (SSSR count). The van der Waals surface area contributed by atoms with Crippen LogP contribution in [0, 0.1) is 0 Å². The third kappa shape index (κ3) is 23.4. The maximum absolute atomic E-state index is 12.7. The Morgan fingerprint density at radius 2 is 1.12 bits per heavy atom.